The highest BCUT2D eigenvalue weighted by Crippen LogP contribution is 2.14. The lowest BCUT2D eigenvalue weighted by atomic mass is 10.3. The molecule has 0 atom stereocenters. The first-order valence-electron chi connectivity index (χ1n) is 4.90. The van der Waals surface area contributed by atoms with Gasteiger partial charge in [-0.15, -0.1) is 10.2 Å². The Balaban J connectivity index is 2.06. The molecule has 88 valence electrons. The maximum atomic E-state index is 11.9. The Morgan fingerprint density at radius 2 is 2.35 bits per heavy atom. The zero-order valence-corrected chi connectivity index (χ0v) is 10.0. The molecule has 2 aromatic rings. The Hall–Kier alpha value is -2.02. The van der Waals surface area contributed by atoms with E-state index in [1.165, 1.54) is 0 Å². The van der Waals surface area contributed by atoms with Gasteiger partial charge in [0.1, 0.15) is 0 Å². The van der Waals surface area contributed by atoms with Gasteiger partial charge < -0.3 is 10.6 Å². The number of hydrogen-bond acceptors (Lipinski definition) is 6. The van der Waals surface area contributed by atoms with E-state index in [4.69, 9.17) is 5.73 Å². The molecule has 0 saturated heterocycles. The van der Waals surface area contributed by atoms with E-state index in [1.807, 2.05) is 12.1 Å². The summed E-state index contributed by atoms with van der Waals surface area (Å²) in [6, 6.07) is 3.74. The number of rotatable bonds is 3. The van der Waals surface area contributed by atoms with Crippen LogP contribution in [-0.2, 0) is 6.54 Å². The van der Waals surface area contributed by atoms with Gasteiger partial charge in [-0.2, -0.15) is 0 Å². The zero-order chi connectivity index (χ0) is 12.3. The fraction of sp³-hybridized carbons (Fsp3) is 0.200. The summed E-state index contributed by atoms with van der Waals surface area (Å²) in [5.74, 6) is -0.192. The molecule has 2 heterocycles. The van der Waals surface area contributed by atoms with E-state index in [2.05, 4.69) is 15.2 Å². The summed E-state index contributed by atoms with van der Waals surface area (Å²) in [6.07, 6.45) is 3.41. The van der Waals surface area contributed by atoms with Gasteiger partial charge in [0.15, 0.2) is 0 Å². The molecule has 0 fully saturated rings. The molecule has 0 radical (unpaired) electrons. The SMILES string of the molecule is CN(Cc1cccnc1)C(=O)c1nnc(N)s1. The first-order chi connectivity index (χ1) is 8.16. The largest absolute Gasteiger partial charge is 0.374 e. The van der Waals surface area contributed by atoms with Crippen molar-refractivity contribution in [3.63, 3.8) is 0 Å². The molecule has 17 heavy (non-hydrogen) atoms. The molecule has 0 bridgehead atoms. The van der Waals surface area contributed by atoms with Crippen molar-refractivity contribution in [1.82, 2.24) is 20.1 Å². The minimum Gasteiger partial charge on any atom is -0.374 e. The molecule has 6 nitrogen and oxygen atoms in total. The van der Waals surface area contributed by atoms with Crippen LogP contribution in [0.2, 0.25) is 0 Å². The lowest BCUT2D eigenvalue weighted by Crippen LogP contribution is -2.26. The van der Waals surface area contributed by atoms with Gasteiger partial charge in [-0.25, -0.2) is 0 Å². The molecule has 0 unspecified atom stereocenters. The highest BCUT2D eigenvalue weighted by Gasteiger charge is 2.16. The third-order valence-electron chi connectivity index (χ3n) is 2.11. The summed E-state index contributed by atoms with van der Waals surface area (Å²) >= 11 is 1.08. The van der Waals surface area contributed by atoms with Crippen molar-refractivity contribution >= 4 is 22.4 Å². The standard InChI is InChI=1S/C10H11N5OS/c1-15(6-7-3-2-4-12-5-7)9(16)8-13-14-10(11)17-8/h2-5H,6H2,1H3,(H2,11,14). The molecule has 0 aliphatic rings. The van der Waals surface area contributed by atoms with Crippen molar-refractivity contribution in [2.24, 2.45) is 0 Å². The molecule has 2 rings (SSSR count). The smallest absolute Gasteiger partial charge is 0.284 e. The van der Waals surface area contributed by atoms with Crippen LogP contribution in [0.25, 0.3) is 0 Å². The van der Waals surface area contributed by atoms with E-state index >= 15 is 0 Å². The van der Waals surface area contributed by atoms with E-state index in [0.29, 0.717) is 16.7 Å². The second kappa shape index (κ2) is 4.88. The lowest BCUT2D eigenvalue weighted by Gasteiger charge is -2.14. The number of aromatic nitrogens is 3. The number of nitrogens with zero attached hydrogens (tertiary/aromatic N) is 4. The highest BCUT2D eigenvalue weighted by molar-refractivity contribution is 7.16. The highest BCUT2D eigenvalue weighted by atomic mass is 32.1. The van der Waals surface area contributed by atoms with Crippen LogP contribution in [0.1, 0.15) is 15.4 Å². The van der Waals surface area contributed by atoms with Crippen LogP contribution < -0.4 is 5.73 Å². The van der Waals surface area contributed by atoms with E-state index in [9.17, 15) is 4.79 Å². The average Bonchev–Trinajstić information content (AvgIpc) is 2.76. The van der Waals surface area contributed by atoms with E-state index in [-0.39, 0.29) is 5.91 Å². The molecule has 0 aliphatic carbocycles. The number of carbonyl (C=O) groups excluding carboxylic acids is 1. The summed E-state index contributed by atoms with van der Waals surface area (Å²) in [5, 5.41) is 7.92. The number of nitrogen functional groups attached to an aromatic ring is 1. The van der Waals surface area contributed by atoms with Crippen LogP contribution in [-0.4, -0.2) is 33.0 Å². The van der Waals surface area contributed by atoms with Gasteiger partial charge in [0.05, 0.1) is 0 Å². The van der Waals surface area contributed by atoms with Crippen molar-refractivity contribution < 1.29 is 4.79 Å². The van der Waals surface area contributed by atoms with Crippen LogP contribution in [0.15, 0.2) is 24.5 Å². The van der Waals surface area contributed by atoms with Gasteiger partial charge in [0.2, 0.25) is 10.1 Å². The minimum atomic E-state index is -0.192. The second-order valence-electron chi connectivity index (χ2n) is 3.47. The molecule has 2 aromatic heterocycles. The average molecular weight is 249 g/mol. The van der Waals surface area contributed by atoms with Gasteiger partial charge in [-0.05, 0) is 11.6 Å². The molecular formula is C10H11N5OS. The Labute approximate surface area is 102 Å². The maximum absolute atomic E-state index is 11.9. The third-order valence-corrected chi connectivity index (χ3v) is 2.85. The molecule has 7 heteroatoms. The van der Waals surface area contributed by atoms with Crippen LogP contribution in [0.3, 0.4) is 0 Å². The van der Waals surface area contributed by atoms with Gasteiger partial charge >= 0.3 is 0 Å². The Morgan fingerprint density at radius 1 is 1.53 bits per heavy atom. The summed E-state index contributed by atoms with van der Waals surface area (Å²) in [5.41, 5.74) is 6.39. The molecule has 0 aromatic carbocycles. The Bertz CT molecular complexity index is 512. The number of hydrogen-bond donors (Lipinski definition) is 1. The number of carbonyl (C=O) groups is 1. The van der Waals surface area contributed by atoms with E-state index < -0.39 is 0 Å². The predicted molar refractivity (Wildman–Crippen MR) is 64.4 cm³/mol. The fourth-order valence-corrected chi connectivity index (χ4v) is 1.93. The van der Waals surface area contributed by atoms with Crippen LogP contribution in [0.4, 0.5) is 5.13 Å². The van der Waals surface area contributed by atoms with E-state index in [0.717, 1.165) is 16.9 Å². The second-order valence-corrected chi connectivity index (χ2v) is 4.48. The van der Waals surface area contributed by atoms with Gasteiger partial charge in [-0.3, -0.25) is 9.78 Å². The van der Waals surface area contributed by atoms with Crippen molar-refractivity contribution in [2.45, 2.75) is 6.54 Å². The molecule has 0 saturated carbocycles. The summed E-state index contributed by atoms with van der Waals surface area (Å²) in [7, 11) is 1.70. The molecule has 0 aliphatic heterocycles. The number of nitrogens with two attached hydrogens (primary N) is 1. The summed E-state index contributed by atoms with van der Waals surface area (Å²) < 4.78 is 0. The minimum absolute atomic E-state index is 0.192. The zero-order valence-electron chi connectivity index (χ0n) is 9.20. The third kappa shape index (κ3) is 2.76. The van der Waals surface area contributed by atoms with Gasteiger partial charge in [0.25, 0.3) is 5.91 Å². The Kier molecular flexibility index (Phi) is 3.29. The van der Waals surface area contributed by atoms with Crippen molar-refractivity contribution in [3.8, 4) is 0 Å². The molecule has 2 N–H and O–H groups in total. The summed E-state index contributed by atoms with van der Waals surface area (Å²) in [4.78, 5) is 17.5. The lowest BCUT2D eigenvalue weighted by molar-refractivity contribution is 0.0784. The predicted octanol–water partition coefficient (Wildman–Crippen LogP) is 0.788. The first kappa shape index (κ1) is 11.5. The number of amides is 1. The van der Waals surface area contributed by atoms with Gasteiger partial charge in [0, 0.05) is 26.0 Å². The molecular weight excluding hydrogens is 238 g/mol. The van der Waals surface area contributed by atoms with Gasteiger partial charge in [-0.1, -0.05) is 17.4 Å². The summed E-state index contributed by atoms with van der Waals surface area (Å²) in [6.45, 7) is 0.478. The fourth-order valence-electron chi connectivity index (χ4n) is 1.32. The van der Waals surface area contributed by atoms with Crippen molar-refractivity contribution in [2.75, 3.05) is 12.8 Å². The monoisotopic (exact) mass is 249 g/mol. The molecule has 0 spiro atoms. The molecule has 1 amide bonds. The van der Waals surface area contributed by atoms with Crippen LogP contribution in [0, 0.1) is 0 Å². The topological polar surface area (TPSA) is 85.0 Å². The maximum Gasteiger partial charge on any atom is 0.284 e. The first-order valence-corrected chi connectivity index (χ1v) is 5.72. The normalized spacial score (nSPS) is 10.2. The van der Waals surface area contributed by atoms with Crippen molar-refractivity contribution in [1.29, 1.82) is 0 Å². The van der Waals surface area contributed by atoms with Crippen molar-refractivity contribution in [3.05, 3.63) is 35.1 Å². The number of anilines is 1. The quantitative estimate of drug-likeness (QED) is 0.869. The van der Waals surface area contributed by atoms with Crippen LogP contribution >= 0.6 is 11.3 Å². The number of pyridine rings is 1. The Morgan fingerprint density at radius 3 is 2.94 bits per heavy atom. The van der Waals surface area contributed by atoms with E-state index in [1.54, 1.807) is 24.3 Å². The van der Waals surface area contributed by atoms with Crippen LogP contribution in [0.5, 0.6) is 0 Å².